The third kappa shape index (κ3) is 3.31. The number of anilines is 1. The second-order valence-corrected chi connectivity index (χ2v) is 7.94. The minimum absolute atomic E-state index is 0.385. The molecule has 4 heterocycles. The number of aromatic nitrogens is 6. The summed E-state index contributed by atoms with van der Waals surface area (Å²) in [7, 11) is 1.79. The van der Waals surface area contributed by atoms with Crippen LogP contribution in [-0.4, -0.2) is 48.4 Å². The molecule has 4 aromatic heterocycles. The second kappa shape index (κ2) is 7.68. The molecule has 1 saturated carbocycles. The lowest BCUT2D eigenvalue weighted by Crippen LogP contribution is -2.30. The summed E-state index contributed by atoms with van der Waals surface area (Å²) in [4.78, 5) is 14.1. The predicted molar refractivity (Wildman–Crippen MR) is 117 cm³/mol. The molecule has 0 aliphatic heterocycles. The number of methoxy groups -OCH3 is 1. The lowest BCUT2D eigenvalue weighted by molar-refractivity contribution is 0.0681. The fourth-order valence-electron chi connectivity index (χ4n) is 4.45. The van der Waals surface area contributed by atoms with Crippen molar-refractivity contribution in [1.82, 2.24) is 29.1 Å². The van der Waals surface area contributed by atoms with E-state index in [1.54, 1.807) is 7.11 Å². The third-order valence-electron chi connectivity index (χ3n) is 6.13. The number of fused-ring (bicyclic) bond motifs is 2. The van der Waals surface area contributed by atoms with Gasteiger partial charge in [0.2, 0.25) is 5.95 Å². The lowest BCUT2D eigenvalue weighted by atomic mass is 9.93. The van der Waals surface area contributed by atoms with Gasteiger partial charge in [-0.05, 0) is 57.7 Å². The van der Waals surface area contributed by atoms with Gasteiger partial charge in [-0.3, -0.25) is 0 Å². The van der Waals surface area contributed by atoms with Crippen molar-refractivity contribution in [3.63, 3.8) is 0 Å². The monoisotopic (exact) mass is 405 g/mol. The molecule has 8 nitrogen and oxygen atoms in total. The van der Waals surface area contributed by atoms with Crippen LogP contribution in [0.5, 0.6) is 0 Å². The van der Waals surface area contributed by atoms with E-state index in [-0.39, 0.29) is 0 Å². The Balaban J connectivity index is 1.42. The van der Waals surface area contributed by atoms with E-state index < -0.39 is 0 Å². The summed E-state index contributed by atoms with van der Waals surface area (Å²) in [5.74, 6) is 1.64. The first-order chi connectivity index (χ1) is 14.7. The van der Waals surface area contributed by atoms with Crippen LogP contribution in [0.2, 0.25) is 0 Å². The van der Waals surface area contributed by atoms with Gasteiger partial charge in [-0.15, -0.1) is 5.10 Å². The van der Waals surface area contributed by atoms with Crippen LogP contribution in [0.25, 0.3) is 27.9 Å². The SMILES string of the molecule is CCn1c(C)nc2ccc(-c3ccn4nc(N[C@H]5CC[C@@H](OC)CC5)ncc34)nc21. The maximum atomic E-state index is 5.46. The van der Waals surface area contributed by atoms with E-state index in [2.05, 4.69) is 31.9 Å². The van der Waals surface area contributed by atoms with Crippen molar-refractivity contribution in [1.29, 1.82) is 0 Å². The quantitative estimate of drug-likeness (QED) is 0.543. The summed E-state index contributed by atoms with van der Waals surface area (Å²) >= 11 is 0. The number of rotatable bonds is 5. The molecule has 0 saturated heterocycles. The first-order valence-electron chi connectivity index (χ1n) is 10.6. The zero-order valence-corrected chi connectivity index (χ0v) is 17.7. The van der Waals surface area contributed by atoms with Gasteiger partial charge in [0, 0.05) is 31.5 Å². The highest BCUT2D eigenvalue weighted by Gasteiger charge is 2.21. The molecule has 0 bridgehead atoms. The molecular formula is C22H27N7O. The highest BCUT2D eigenvalue weighted by atomic mass is 16.5. The predicted octanol–water partition coefficient (Wildman–Crippen LogP) is 3.84. The Labute approximate surface area is 175 Å². The molecule has 1 N–H and O–H groups in total. The first-order valence-corrected chi connectivity index (χ1v) is 10.6. The van der Waals surface area contributed by atoms with Crippen LogP contribution in [-0.2, 0) is 11.3 Å². The van der Waals surface area contributed by atoms with Crippen molar-refractivity contribution in [2.75, 3.05) is 12.4 Å². The van der Waals surface area contributed by atoms with E-state index in [4.69, 9.17) is 9.72 Å². The van der Waals surface area contributed by atoms with Crippen LogP contribution < -0.4 is 5.32 Å². The number of aryl methyl sites for hydroxylation is 2. The average Bonchev–Trinajstić information content (AvgIpc) is 3.33. The molecule has 156 valence electrons. The van der Waals surface area contributed by atoms with E-state index in [1.165, 1.54) is 0 Å². The van der Waals surface area contributed by atoms with Gasteiger partial charge in [-0.25, -0.2) is 19.5 Å². The smallest absolute Gasteiger partial charge is 0.241 e. The molecule has 0 amide bonds. The number of hydrogen-bond acceptors (Lipinski definition) is 6. The van der Waals surface area contributed by atoms with Gasteiger partial charge < -0.3 is 14.6 Å². The highest BCUT2D eigenvalue weighted by Crippen LogP contribution is 2.27. The van der Waals surface area contributed by atoms with Crippen LogP contribution in [0.4, 0.5) is 5.95 Å². The molecule has 30 heavy (non-hydrogen) atoms. The summed E-state index contributed by atoms with van der Waals surface area (Å²) in [6, 6.07) is 6.49. The normalized spacial score (nSPS) is 19.6. The van der Waals surface area contributed by atoms with Gasteiger partial charge in [0.15, 0.2) is 5.65 Å². The second-order valence-electron chi connectivity index (χ2n) is 7.94. The van der Waals surface area contributed by atoms with Crippen molar-refractivity contribution in [3.05, 3.63) is 36.4 Å². The molecule has 8 heteroatoms. The van der Waals surface area contributed by atoms with Gasteiger partial charge in [0.05, 0.1) is 23.5 Å². The molecule has 0 atom stereocenters. The Hall–Kier alpha value is -3.00. The van der Waals surface area contributed by atoms with Crippen molar-refractivity contribution in [2.45, 2.75) is 58.2 Å². The van der Waals surface area contributed by atoms with Gasteiger partial charge in [-0.2, -0.15) is 0 Å². The van der Waals surface area contributed by atoms with Crippen LogP contribution >= 0.6 is 0 Å². The van der Waals surface area contributed by atoms with Gasteiger partial charge in [-0.1, -0.05) is 0 Å². The average molecular weight is 406 g/mol. The molecule has 0 unspecified atom stereocenters. The molecule has 4 aromatic rings. The molecule has 1 aliphatic carbocycles. The Morgan fingerprint density at radius 1 is 1.13 bits per heavy atom. The largest absolute Gasteiger partial charge is 0.381 e. The molecule has 0 spiro atoms. The van der Waals surface area contributed by atoms with Crippen molar-refractivity contribution >= 4 is 22.6 Å². The van der Waals surface area contributed by atoms with E-state index in [0.717, 1.165) is 66.0 Å². The molecule has 0 radical (unpaired) electrons. The zero-order valence-electron chi connectivity index (χ0n) is 17.7. The molecule has 5 rings (SSSR count). The maximum Gasteiger partial charge on any atom is 0.241 e. The summed E-state index contributed by atoms with van der Waals surface area (Å²) < 4.78 is 9.47. The number of imidazole rings is 1. The van der Waals surface area contributed by atoms with Crippen molar-refractivity contribution in [3.8, 4) is 11.3 Å². The van der Waals surface area contributed by atoms with Gasteiger partial charge in [0.1, 0.15) is 11.3 Å². The third-order valence-corrected chi connectivity index (χ3v) is 6.13. The number of ether oxygens (including phenoxy) is 1. The Morgan fingerprint density at radius 2 is 1.97 bits per heavy atom. The Kier molecular flexibility index (Phi) is 4.86. The maximum absolute atomic E-state index is 5.46. The standard InChI is InChI=1S/C22H27N7O/c1-4-28-14(2)24-19-10-9-18(26-21(19)28)17-11-12-29-20(17)13-23-22(27-29)25-15-5-7-16(30-3)8-6-15/h9-13,15-16H,4-8H2,1-3H3,(H,25,27)/t15-,16+. The van der Waals surface area contributed by atoms with Gasteiger partial charge >= 0.3 is 0 Å². The Bertz CT molecular complexity index is 1190. The number of hydrogen-bond donors (Lipinski definition) is 1. The fourth-order valence-corrected chi connectivity index (χ4v) is 4.45. The van der Waals surface area contributed by atoms with E-state index in [0.29, 0.717) is 18.1 Å². The summed E-state index contributed by atoms with van der Waals surface area (Å²) in [6.07, 6.45) is 8.53. The van der Waals surface area contributed by atoms with Gasteiger partial charge in [0.25, 0.3) is 0 Å². The fraction of sp³-hybridized carbons (Fsp3) is 0.455. The summed E-state index contributed by atoms with van der Waals surface area (Å²) in [5, 5.41) is 8.16. The van der Waals surface area contributed by atoms with E-state index in [1.807, 2.05) is 42.0 Å². The van der Waals surface area contributed by atoms with E-state index >= 15 is 0 Å². The van der Waals surface area contributed by atoms with Crippen LogP contribution in [0.3, 0.4) is 0 Å². The number of nitrogens with zero attached hydrogens (tertiary/aromatic N) is 6. The lowest BCUT2D eigenvalue weighted by Gasteiger charge is -2.28. The molecular weight excluding hydrogens is 378 g/mol. The highest BCUT2D eigenvalue weighted by molar-refractivity contribution is 5.82. The van der Waals surface area contributed by atoms with E-state index in [9.17, 15) is 0 Å². The minimum atomic E-state index is 0.385. The Morgan fingerprint density at radius 3 is 2.73 bits per heavy atom. The molecule has 1 aliphatic rings. The summed E-state index contributed by atoms with van der Waals surface area (Å²) in [5.41, 5.74) is 4.70. The number of nitrogens with one attached hydrogen (secondary N) is 1. The van der Waals surface area contributed by atoms with Crippen LogP contribution in [0, 0.1) is 6.92 Å². The van der Waals surface area contributed by atoms with Crippen molar-refractivity contribution in [2.24, 2.45) is 0 Å². The molecule has 0 aromatic carbocycles. The minimum Gasteiger partial charge on any atom is -0.381 e. The summed E-state index contributed by atoms with van der Waals surface area (Å²) in [6.45, 7) is 4.98. The molecule has 1 fully saturated rings. The van der Waals surface area contributed by atoms with Crippen LogP contribution in [0.1, 0.15) is 38.4 Å². The first kappa shape index (κ1) is 19.0. The number of pyridine rings is 1. The topological polar surface area (TPSA) is 82.2 Å². The zero-order chi connectivity index (χ0) is 20.7. The van der Waals surface area contributed by atoms with Crippen molar-refractivity contribution < 1.29 is 4.74 Å². The van der Waals surface area contributed by atoms with Crippen LogP contribution in [0.15, 0.2) is 30.6 Å².